The molecule has 0 radical (unpaired) electrons. The van der Waals surface area contributed by atoms with Gasteiger partial charge in [-0.3, -0.25) is 19.1 Å². The number of piperidine rings is 1. The van der Waals surface area contributed by atoms with Crippen LogP contribution in [0, 0.1) is 5.92 Å². The Morgan fingerprint density at radius 1 is 1.17 bits per heavy atom. The number of aromatic nitrogens is 3. The highest BCUT2D eigenvalue weighted by Crippen LogP contribution is 2.22. The van der Waals surface area contributed by atoms with Crippen LogP contribution < -0.4 is 10.9 Å². The zero-order valence-electron chi connectivity index (χ0n) is 17.2. The molecule has 0 aliphatic carbocycles. The molecule has 1 N–H and O–H groups in total. The number of rotatable bonds is 4. The van der Waals surface area contributed by atoms with Gasteiger partial charge in [0.05, 0.1) is 22.8 Å². The fraction of sp³-hybridized carbons (Fsp3) is 0.364. The summed E-state index contributed by atoms with van der Waals surface area (Å²) in [6.45, 7) is 1.79. The van der Waals surface area contributed by atoms with Crippen molar-refractivity contribution < 1.29 is 9.59 Å². The fourth-order valence-electron chi connectivity index (χ4n) is 3.98. The van der Waals surface area contributed by atoms with Gasteiger partial charge in [-0.05, 0) is 24.8 Å². The Balaban J connectivity index is 1.39. The van der Waals surface area contributed by atoms with E-state index in [0.717, 1.165) is 23.7 Å². The zero-order valence-corrected chi connectivity index (χ0v) is 17.2. The van der Waals surface area contributed by atoms with Crippen LogP contribution in [0.3, 0.4) is 0 Å². The van der Waals surface area contributed by atoms with E-state index in [1.165, 1.54) is 6.07 Å². The Morgan fingerprint density at radius 2 is 1.90 bits per heavy atom. The molecule has 3 heterocycles. The van der Waals surface area contributed by atoms with Crippen LogP contribution in [0.1, 0.15) is 33.6 Å². The minimum absolute atomic E-state index is 0.109. The van der Waals surface area contributed by atoms with E-state index in [0.29, 0.717) is 36.7 Å². The lowest BCUT2D eigenvalue weighted by molar-refractivity contribution is 0.0686. The third-order valence-corrected chi connectivity index (χ3v) is 5.80. The maximum Gasteiger partial charge on any atom is 0.254 e. The molecule has 1 aromatic carbocycles. The van der Waals surface area contributed by atoms with Crippen LogP contribution >= 0.6 is 0 Å². The number of fused-ring (bicyclic) bond motifs is 1. The fourth-order valence-corrected chi connectivity index (χ4v) is 3.98. The third kappa shape index (κ3) is 3.85. The standard InChI is InChI=1S/C22H25N5O3/c1-25-14-16(13-24-25)21(29)23-12-15-7-9-27(10-8-15)22(30)18-11-20(28)26(2)19-6-4-3-5-17(18)19/h3-6,11,13-15H,7-10,12H2,1-2H3,(H,23,29). The monoisotopic (exact) mass is 407 g/mol. The van der Waals surface area contributed by atoms with Gasteiger partial charge in [0.1, 0.15) is 0 Å². The van der Waals surface area contributed by atoms with Crippen molar-refractivity contribution in [2.24, 2.45) is 20.0 Å². The second kappa shape index (κ2) is 8.14. The first-order valence-electron chi connectivity index (χ1n) is 10.1. The molecule has 2 aromatic heterocycles. The maximum absolute atomic E-state index is 13.1. The van der Waals surface area contributed by atoms with Gasteiger partial charge in [0.2, 0.25) is 0 Å². The average Bonchev–Trinajstić information content (AvgIpc) is 3.21. The summed E-state index contributed by atoms with van der Waals surface area (Å²) in [5.74, 6) is 0.0741. The van der Waals surface area contributed by atoms with Crippen molar-refractivity contribution in [2.45, 2.75) is 12.8 Å². The Kier molecular flexibility index (Phi) is 5.39. The van der Waals surface area contributed by atoms with Gasteiger partial charge in [-0.1, -0.05) is 18.2 Å². The van der Waals surface area contributed by atoms with Gasteiger partial charge < -0.3 is 14.8 Å². The van der Waals surface area contributed by atoms with Crippen molar-refractivity contribution in [3.63, 3.8) is 0 Å². The minimum atomic E-state index is -0.190. The summed E-state index contributed by atoms with van der Waals surface area (Å²) >= 11 is 0. The zero-order chi connectivity index (χ0) is 21.3. The van der Waals surface area contributed by atoms with Gasteiger partial charge in [-0.25, -0.2) is 0 Å². The Morgan fingerprint density at radius 3 is 2.60 bits per heavy atom. The first kappa shape index (κ1) is 19.9. The molecule has 30 heavy (non-hydrogen) atoms. The molecule has 156 valence electrons. The predicted molar refractivity (Wildman–Crippen MR) is 113 cm³/mol. The number of pyridine rings is 1. The van der Waals surface area contributed by atoms with Gasteiger partial charge in [-0.15, -0.1) is 0 Å². The van der Waals surface area contributed by atoms with Crippen LogP contribution in [0.5, 0.6) is 0 Å². The highest BCUT2D eigenvalue weighted by atomic mass is 16.2. The number of amides is 2. The number of para-hydroxylation sites is 1. The number of nitrogens with one attached hydrogen (secondary N) is 1. The predicted octanol–water partition coefficient (Wildman–Crippen LogP) is 1.55. The lowest BCUT2D eigenvalue weighted by Gasteiger charge is -2.32. The smallest absolute Gasteiger partial charge is 0.254 e. The SMILES string of the molecule is Cn1cc(C(=O)NCC2CCN(C(=O)c3cc(=O)n(C)c4ccccc34)CC2)cn1. The summed E-state index contributed by atoms with van der Waals surface area (Å²) in [5.41, 5.74) is 1.56. The summed E-state index contributed by atoms with van der Waals surface area (Å²) in [6, 6.07) is 8.90. The molecule has 4 rings (SSSR count). The van der Waals surface area contributed by atoms with Crippen LogP contribution in [-0.2, 0) is 14.1 Å². The van der Waals surface area contributed by atoms with E-state index in [1.807, 2.05) is 24.3 Å². The molecular weight excluding hydrogens is 382 g/mol. The summed E-state index contributed by atoms with van der Waals surface area (Å²) in [4.78, 5) is 39.4. The molecule has 8 nitrogen and oxygen atoms in total. The van der Waals surface area contributed by atoms with Crippen molar-refractivity contribution in [1.82, 2.24) is 24.6 Å². The quantitative estimate of drug-likeness (QED) is 0.711. The van der Waals surface area contributed by atoms with E-state index in [9.17, 15) is 14.4 Å². The molecule has 0 spiro atoms. The van der Waals surface area contributed by atoms with Gasteiger partial charge in [0.25, 0.3) is 17.4 Å². The van der Waals surface area contributed by atoms with Gasteiger partial charge in [-0.2, -0.15) is 5.10 Å². The van der Waals surface area contributed by atoms with Crippen LogP contribution in [0.25, 0.3) is 10.9 Å². The highest BCUT2D eigenvalue weighted by molar-refractivity contribution is 6.06. The average molecular weight is 407 g/mol. The van der Waals surface area contributed by atoms with Crippen LogP contribution in [0.15, 0.2) is 47.5 Å². The Labute approximate surface area is 174 Å². The third-order valence-electron chi connectivity index (χ3n) is 5.80. The number of benzene rings is 1. The lowest BCUT2D eigenvalue weighted by Crippen LogP contribution is -2.42. The molecule has 8 heteroatoms. The van der Waals surface area contributed by atoms with Crippen molar-refractivity contribution in [3.05, 3.63) is 64.2 Å². The molecule has 2 amide bonds. The topological polar surface area (TPSA) is 89.2 Å². The number of aryl methyl sites for hydroxylation is 2. The van der Waals surface area contributed by atoms with E-state index in [2.05, 4.69) is 10.4 Å². The number of nitrogens with zero attached hydrogens (tertiary/aromatic N) is 4. The van der Waals surface area contributed by atoms with Crippen molar-refractivity contribution in [1.29, 1.82) is 0 Å². The highest BCUT2D eigenvalue weighted by Gasteiger charge is 2.25. The number of likely N-dealkylation sites (tertiary alicyclic amines) is 1. The van der Waals surface area contributed by atoms with E-state index < -0.39 is 0 Å². The molecule has 0 bridgehead atoms. The van der Waals surface area contributed by atoms with Gasteiger partial charge in [0, 0.05) is 51.4 Å². The number of hydrogen-bond acceptors (Lipinski definition) is 4. The molecular formula is C22H25N5O3. The molecule has 1 aliphatic heterocycles. The molecule has 0 saturated carbocycles. The van der Waals surface area contributed by atoms with Gasteiger partial charge >= 0.3 is 0 Å². The normalized spacial score (nSPS) is 14.8. The summed E-state index contributed by atoms with van der Waals surface area (Å²) in [7, 11) is 3.49. The van der Waals surface area contributed by atoms with E-state index in [1.54, 1.807) is 40.6 Å². The van der Waals surface area contributed by atoms with Crippen LogP contribution in [0.2, 0.25) is 0 Å². The maximum atomic E-state index is 13.1. The second-order valence-electron chi connectivity index (χ2n) is 7.82. The second-order valence-corrected chi connectivity index (χ2v) is 7.82. The van der Waals surface area contributed by atoms with Crippen molar-refractivity contribution in [2.75, 3.05) is 19.6 Å². The molecule has 1 fully saturated rings. The summed E-state index contributed by atoms with van der Waals surface area (Å²) in [6.07, 6.45) is 4.85. The summed E-state index contributed by atoms with van der Waals surface area (Å²) < 4.78 is 3.16. The molecule has 3 aromatic rings. The van der Waals surface area contributed by atoms with Gasteiger partial charge in [0.15, 0.2) is 0 Å². The number of carbonyl (C=O) groups excluding carboxylic acids is 2. The van der Waals surface area contributed by atoms with E-state index in [4.69, 9.17) is 0 Å². The van der Waals surface area contributed by atoms with Crippen LogP contribution in [-0.4, -0.2) is 50.7 Å². The molecule has 0 unspecified atom stereocenters. The molecule has 1 saturated heterocycles. The first-order valence-corrected chi connectivity index (χ1v) is 10.1. The lowest BCUT2D eigenvalue weighted by atomic mass is 9.95. The van der Waals surface area contributed by atoms with Crippen LogP contribution in [0.4, 0.5) is 0 Å². The van der Waals surface area contributed by atoms with Crippen molar-refractivity contribution >= 4 is 22.7 Å². The molecule has 0 atom stereocenters. The first-order chi connectivity index (χ1) is 14.4. The van der Waals surface area contributed by atoms with Crippen molar-refractivity contribution in [3.8, 4) is 0 Å². The van der Waals surface area contributed by atoms with E-state index in [-0.39, 0.29) is 17.4 Å². The van der Waals surface area contributed by atoms with E-state index >= 15 is 0 Å². The Hall–Kier alpha value is -3.42. The largest absolute Gasteiger partial charge is 0.352 e. The Bertz CT molecular complexity index is 1160. The molecule has 1 aliphatic rings. The minimum Gasteiger partial charge on any atom is -0.352 e. The summed E-state index contributed by atoms with van der Waals surface area (Å²) in [5, 5.41) is 7.75. The number of hydrogen-bond donors (Lipinski definition) is 1. The number of carbonyl (C=O) groups is 2.